The maximum absolute atomic E-state index is 11.0. The molecule has 0 aromatic carbocycles. The number of nitrogens with one attached hydrogen (secondary N) is 3. The minimum absolute atomic E-state index is 0.395. The monoisotopic (exact) mass is 373 g/mol. The highest BCUT2D eigenvalue weighted by Crippen LogP contribution is 2.22. The molecule has 0 amide bonds. The lowest BCUT2D eigenvalue weighted by Crippen LogP contribution is -2.38. The summed E-state index contributed by atoms with van der Waals surface area (Å²) < 4.78 is 29.8. The van der Waals surface area contributed by atoms with Crippen LogP contribution in [-0.4, -0.2) is 45.4 Å². The molecule has 1 rings (SSSR count). The molecule has 0 saturated carbocycles. The molecule has 144 valence electrons. The number of hydrogen-bond acceptors (Lipinski definition) is 5. The van der Waals surface area contributed by atoms with Crippen LogP contribution >= 0.6 is 0 Å². The van der Waals surface area contributed by atoms with E-state index in [2.05, 4.69) is 39.4 Å². The third kappa shape index (κ3) is 8.87. The maximum atomic E-state index is 11.0. The first-order valence-corrected chi connectivity index (χ1v) is 10.7. The Morgan fingerprint density at radius 2 is 1.96 bits per heavy atom. The van der Waals surface area contributed by atoms with Crippen LogP contribution in [0.1, 0.15) is 57.4 Å². The minimum Gasteiger partial charge on any atom is -0.359 e. The van der Waals surface area contributed by atoms with E-state index in [9.17, 15) is 8.42 Å². The lowest BCUT2D eigenvalue weighted by molar-refractivity contribution is 0.372. The predicted octanol–water partition coefficient (Wildman–Crippen LogP) is 1.57. The van der Waals surface area contributed by atoms with Crippen LogP contribution in [0, 0.1) is 0 Å². The van der Waals surface area contributed by atoms with E-state index in [1.54, 1.807) is 0 Å². The van der Waals surface area contributed by atoms with Gasteiger partial charge in [0.1, 0.15) is 6.54 Å². The van der Waals surface area contributed by atoms with Crippen molar-refractivity contribution in [2.75, 3.05) is 25.9 Å². The molecule has 0 spiro atoms. The van der Waals surface area contributed by atoms with Gasteiger partial charge in [0, 0.05) is 31.6 Å². The van der Waals surface area contributed by atoms with Gasteiger partial charge in [-0.3, -0.25) is 0 Å². The van der Waals surface area contributed by atoms with Crippen LogP contribution in [0.3, 0.4) is 0 Å². The molecule has 1 aromatic heterocycles. The average molecular weight is 374 g/mol. The highest BCUT2D eigenvalue weighted by molar-refractivity contribution is 7.88. The zero-order valence-electron chi connectivity index (χ0n) is 15.6. The largest absolute Gasteiger partial charge is 0.359 e. The summed E-state index contributed by atoms with van der Waals surface area (Å²) in [4.78, 5) is 4.48. The normalized spacial score (nSPS) is 12.6. The van der Waals surface area contributed by atoms with Crippen LogP contribution in [0.15, 0.2) is 15.6 Å². The summed E-state index contributed by atoms with van der Waals surface area (Å²) in [6.45, 7) is 8.43. The van der Waals surface area contributed by atoms with Crippen LogP contribution < -0.4 is 15.4 Å². The number of guanidine groups is 1. The molecule has 0 aliphatic carbocycles. The standard InChI is InChI=1S/C16H31N5O3S/c1-5-13(6-2)15-11-14(24-21-15)12-19-16(17-7-3)18-9-8-10-20-25(4,22)23/h11,13,20H,5-10,12H2,1-4H3,(H2,17,18,19). The Morgan fingerprint density at radius 1 is 1.24 bits per heavy atom. The van der Waals surface area contributed by atoms with E-state index in [0.717, 1.165) is 37.1 Å². The molecule has 1 heterocycles. The van der Waals surface area contributed by atoms with Crippen molar-refractivity contribution in [1.29, 1.82) is 0 Å². The maximum Gasteiger partial charge on any atom is 0.208 e. The van der Waals surface area contributed by atoms with Gasteiger partial charge >= 0.3 is 0 Å². The molecule has 0 radical (unpaired) electrons. The van der Waals surface area contributed by atoms with E-state index >= 15 is 0 Å². The van der Waals surface area contributed by atoms with E-state index < -0.39 is 10.0 Å². The number of hydrogen-bond donors (Lipinski definition) is 3. The minimum atomic E-state index is -3.13. The van der Waals surface area contributed by atoms with Crippen LogP contribution in [0.25, 0.3) is 0 Å². The predicted molar refractivity (Wildman–Crippen MR) is 100 cm³/mol. The van der Waals surface area contributed by atoms with E-state index in [-0.39, 0.29) is 0 Å². The summed E-state index contributed by atoms with van der Waals surface area (Å²) in [5.41, 5.74) is 0.986. The Balaban J connectivity index is 2.49. The van der Waals surface area contributed by atoms with Crippen molar-refractivity contribution in [3.63, 3.8) is 0 Å². The van der Waals surface area contributed by atoms with Crippen molar-refractivity contribution in [2.45, 2.75) is 52.5 Å². The smallest absolute Gasteiger partial charge is 0.208 e. The number of aromatic nitrogens is 1. The summed E-state index contributed by atoms with van der Waals surface area (Å²) in [7, 11) is -3.13. The average Bonchev–Trinajstić information content (AvgIpc) is 3.01. The molecule has 8 nitrogen and oxygen atoms in total. The van der Waals surface area contributed by atoms with Crippen LogP contribution in [0.4, 0.5) is 0 Å². The fraction of sp³-hybridized carbons (Fsp3) is 0.750. The number of aliphatic imine (C=N–C) groups is 1. The first kappa shape index (κ1) is 21.4. The van der Waals surface area contributed by atoms with Gasteiger partial charge in [0.15, 0.2) is 11.7 Å². The van der Waals surface area contributed by atoms with E-state index in [0.29, 0.717) is 37.9 Å². The Hall–Kier alpha value is -1.61. The van der Waals surface area contributed by atoms with E-state index in [1.165, 1.54) is 0 Å². The number of rotatable bonds is 11. The van der Waals surface area contributed by atoms with Gasteiger partial charge in [0.25, 0.3) is 0 Å². The zero-order chi connectivity index (χ0) is 18.7. The van der Waals surface area contributed by atoms with Gasteiger partial charge in [0.05, 0.1) is 11.9 Å². The molecule has 0 unspecified atom stereocenters. The molecule has 25 heavy (non-hydrogen) atoms. The Labute approximate surface area is 150 Å². The molecule has 1 aromatic rings. The third-order valence-electron chi connectivity index (χ3n) is 3.73. The van der Waals surface area contributed by atoms with Crippen LogP contribution in [0.2, 0.25) is 0 Å². The van der Waals surface area contributed by atoms with E-state index in [4.69, 9.17) is 4.52 Å². The van der Waals surface area contributed by atoms with Crippen molar-refractivity contribution < 1.29 is 12.9 Å². The Bertz CT molecular complexity index is 623. The fourth-order valence-corrected chi connectivity index (χ4v) is 2.87. The van der Waals surface area contributed by atoms with Gasteiger partial charge in [-0.2, -0.15) is 0 Å². The van der Waals surface area contributed by atoms with Gasteiger partial charge in [-0.05, 0) is 26.2 Å². The molecule has 0 aliphatic rings. The van der Waals surface area contributed by atoms with Crippen molar-refractivity contribution in [3.8, 4) is 0 Å². The fourth-order valence-electron chi connectivity index (χ4n) is 2.35. The van der Waals surface area contributed by atoms with Crippen LogP contribution in [-0.2, 0) is 16.6 Å². The van der Waals surface area contributed by atoms with Gasteiger partial charge < -0.3 is 15.2 Å². The third-order valence-corrected chi connectivity index (χ3v) is 4.46. The molecule has 0 bridgehead atoms. The second kappa shape index (κ2) is 11.1. The number of nitrogens with zero attached hydrogens (tertiary/aromatic N) is 2. The Kier molecular flexibility index (Phi) is 9.51. The summed E-state index contributed by atoms with van der Waals surface area (Å²) in [6, 6.07) is 1.97. The topological polar surface area (TPSA) is 109 Å². The highest BCUT2D eigenvalue weighted by Gasteiger charge is 2.12. The van der Waals surface area contributed by atoms with Gasteiger partial charge in [0.2, 0.25) is 10.0 Å². The summed E-state index contributed by atoms with van der Waals surface area (Å²) in [5.74, 6) is 1.83. The molecule has 0 atom stereocenters. The van der Waals surface area contributed by atoms with Gasteiger partial charge in [-0.1, -0.05) is 19.0 Å². The molecular formula is C16H31N5O3S. The van der Waals surface area contributed by atoms with Gasteiger partial charge in [-0.15, -0.1) is 0 Å². The molecule has 3 N–H and O–H groups in total. The van der Waals surface area contributed by atoms with Crippen molar-refractivity contribution in [2.24, 2.45) is 4.99 Å². The quantitative estimate of drug-likeness (QED) is 0.309. The SMILES string of the molecule is CCNC(=NCc1cc(C(CC)CC)no1)NCCCNS(C)(=O)=O. The lowest BCUT2D eigenvalue weighted by atomic mass is 9.99. The second-order valence-electron chi connectivity index (χ2n) is 5.87. The Morgan fingerprint density at radius 3 is 2.56 bits per heavy atom. The van der Waals surface area contributed by atoms with Crippen LogP contribution in [0.5, 0.6) is 0 Å². The highest BCUT2D eigenvalue weighted by atomic mass is 32.2. The van der Waals surface area contributed by atoms with E-state index in [1.807, 2.05) is 13.0 Å². The van der Waals surface area contributed by atoms with Crippen molar-refractivity contribution in [1.82, 2.24) is 20.5 Å². The second-order valence-corrected chi connectivity index (χ2v) is 7.71. The first-order chi connectivity index (χ1) is 11.9. The first-order valence-electron chi connectivity index (χ1n) is 8.81. The molecule has 0 saturated heterocycles. The molecular weight excluding hydrogens is 342 g/mol. The summed E-state index contributed by atoms with van der Waals surface area (Å²) in [5, 5.41) is 10.5. The summed E-state index contributed by atoms with van der Waals surface area (Å²) >= 11 is 0. The zero-order valence-corrected chi connectivity index (χ0v) is 16.4. The lowest BCUT2D eigenvalue weighted by Gasteiger charge is -2.10. The molecule has 0 fully saturated rings. The molecule has 0 aliphatic heterocycles. The van der Waals surface area contributed by atoms with Crippen molar-refractivity contribution in [3.05, 3.63) is 17.5 Å². The summed E-state index contributed by atoms with van der Waals surface area (Å²) in [6.07, 6.45) is 3.90. The van der Waals surface area contributed by atoms with Crippen molar-refractivity contribution >= 4 is 16.0 Å². The molecule has 9 heteroatoms. The van der Waals surface area contributed by atoms with Gasteiger partial charge in [-0.25, -0.2) is 18.1 Å². The number of sulfonamides is 1.